The molecule has 35 heavy (non-hydrogen) atoms. The number of nitrogens with zero attached hydrogens (tertiary/aromatic N) is 1. The molecule has 0 saturated heterocycles. The third-order valence-electron chi connectivity index (χ3n) is 7.13. The molecule has 0 atom stereocenters. The maximum Gasteiger partial charge on any atom is 0.217 e. The molecule has 0 heterocycles. The minimum Gasteiger partial charge on any atom is -0.726 e. The quantitative estimate of drug-likeness (QED) is 0.0521. The molecule has 6 heteroatoms. The average Bonchev–Trinajstić information content (AvgIpc) is 2.81. The second-order valence-corrected chi connectivity index (χ2v) is 11.6. The van der Waals surface area contributed by atoms with Crippen molar-refractivity contribution in [3.63, 3.8) is 0 Å². The zero-order valence-electron chi connectivity index (χ0n) is 24.5. The Bertz CT molecular complexity index is 487. The van der Waals surface area contributed by atoms with Gasteiger partial charge in [0.05, 0.1) is 33.3 Å². The van der Waals surface area contributed by atoms with Crippen molar-refractivity contribution < 1.29 is 21.6 Å². The fraction of sp³-hybridized carbons (Fsp3) is 1.00. The minimum absolute atomic E-state index is 0.0914. The lowest BCUT2D eigenvalue weighted by Gasteiger charge is -2.33. The van der Waals surface area contributed by atoms with E-state index in [0.29, 0.717) is 0 Å². The number of hydrogen-bond acceptors (Lipinski definition) is 4. The summed E-state index contributed by atoms with van der Waals surface area (Å²) in [6.07, 6.45) is 29.1. The van der Waals surface area contributed by atoms with E-state index in [2.05, 4.69) is 32.0 Å². The minimum atomic E-state index is -4.42. The third kappa shape index (κ3) is 31.8. The highest BCUT2D eigenvalue weighted by Crippen LogP contribution is 2.15. The van der Waals surface area contributed by atoms with Crippen LogP contribution in [-0.4, -0.2) is 50.7 Å². The molecular weight excluding hydrogens is 458 g/mol. The van der Waals surface area contributed by atoms with Gasteiger partial charge in [-0.3, -0.25) is 4.18 Å². The SMILES string of the molecule is CCCCCCCCCCCC[N+](C)(CC)CCCCCCCCCCCC.CCOS(=O)(=O)[O-]. The fourth-order valence-electron chi connectivity index (χ4n) is 4.53. The molecule has 0 aromatic carbocycles. The molecule has 0 aromatic rings. The van der Waals surface area contributed by atoms with Gasteiger partial charge in [0.2, 0.25) is 10.4 Å². The first kappa shape index (κ1) is 37.0. The summed E-state index contributed by atoms with van der Waals surface area (Å²) in [5.74, 6) is 0. The number of unbranched alkanes of at least 4 members (excludes halogenated alkanes) is 18. The predicted octanol–water partition coefficient (Wildman–Crippen LogP) is 8.78. The van der Waals surface area contributed by atoms with Crippen LogP contribution in [0.25, 0.3) is 0 Å². The Morgan fingerprint density at radius 2 is 0.829 bits per heavy atom. The lowest BCUT2D eigenvalue weighted by Crippen LogP contribution is -2.45. The molecule has 0 amide bonds. The van der Waals surface area contributed by atoms with Crippen molar-refractivity contribution in [2.75, 3.05) is 33.3 Å². The van der Waals surface area contributed by atoms with Crippen LogP contribution < -0.4 is 0 Å². The number of rotatable bonds is 25. The van der Waals surface area contributed by atoms with E-state index in [1.54, 1.807) is 0 Å². The molecule has 0 fully saturated rings. The van der Waals surface area contributed by atoms with Crippen LogP contribution in [0.15, 0.2) is 0 Å². The molecule has 0 spiro atoms. The Kier molecular flexibility index (Phi) is 28.4. The summed E-state index contributed by atoms with van der Waals surface area (Å²) < 4.78 is 33.3. The number of hydrogen-bond donors (Lipinski definition) is 0. The molecule has 5 nitrogen and oxygen atoms in total. The van der Waals surface area contributed by atoms with Gasteiger partial charge in [-0.1, -0.05) is 117 Å². The standard InChI is InChI=1S/C27H58N.C2H6O4S/c1-5-8-10-12-14-16-18-20-22-24-26-28(4,7-3)27-25-23-21-19-17-15-13-11-9-6-2;1-2-6-7(3,4)5/h5-27H2,1-4H3;2H2,1H3,(H,3,4,5)/q+1;/p-1. The van der Waals surface area contributed by atoms with Gasteiger partial charge in [0.25, 0.3) is 0 Å². The van der Waals surface area contributed by atoms with E-state index in [9.17, 15) is 13.0 Å². The third-order valence-corrected chi connectivity index (χ3v) is 7.65. The van der Waals surface area contributed by atoms with E-state index in [-0.39, 0.29) is 6.61 Å². The zero-order valence-corrected chi connectivity index (χ0v) is 25.3. The van der Waals surface area contributed by atoms with Crippen LogP contribution in [0.4, 0.5) is 0 Å². The van der Waals surface area contributed by atoms with Crippen LogP contribution in [0.2, 0.25) is 0 Å². The molecule has 0 bridgehead atoms. The Hall–Kier alpha value is -0.170. The molecular formula is C29H63NO4S. The normalized spacial score (nSPS) is 11.9. The van der Waals surface area contributed by atoms with Gasteiger partial charge in [0.15, 0.2) is 0 Å². The second kappa shape index (κ2) is 26.9. The topological polar surface area (TPSA) is 66.4 Å². The summed E-state index contributed by atoms with van der Waals surface area (Å²) in [6.45, 7) is 12.5. The summed E-state index contributed by atoms with van der Waals surface area (Å²) in [5.41, 5.74) is 0. The first-order valence-corrected chi connectivity index (χ1v) is 16.5. The van der Waals surface area contributed by atoms with Crippen LogP contribution >= 0.6 is 0 Å². The van der Waals surface area contributed by atoms with Crippen LogP contribution in [0, 0.1) is 0 Å². The monoisotopic (exact) mass is 521 g/mol. The molecule has 0 radical (unpaired) electrons. The summed E-state index contributed by atoms with van der Waals surface area (Å²) in [5, 5.41) is 0. The highest BCUT2D eigenvalue weighted by molar-refractivity contribution is 7.80. The molecule has 0 rings (SSSR count). The van der Waals surface area contributed by atoms with Crippen molar-refractivity contribution in [3.8, 4) is 0 Å². The van der Waals surface area contributed by atoms with Crippen molar-refractivity contribution in [1.29, 1.82) is 0 Å². The highest BCUT2D eigenvalue weighted by Gasteiger charge is 2.17. The highest BCUT2D eigenvalue weighted by atomic mass is 32.3. The van der Waals surface area contributed by atoms with E-state index in [1.807, 2.05) is 0 Å². The second-order valence-electron chi connectivity index (χ2n) is 10.6. The van der Waals surface area contributed by atoms with Gasteiger partial charge in [0, 0.05) is 0 Å². The first-order chi connectivity index (χ1) is 16.7. The summed E-state index contributed by atoms with van der Waals surface area (Å²) in [4.78, 5) is 0. The van der Waals surface area contributed by atoms with E-state index in [1.165, 1.54) is 159 Å². The molecule has 0 aliphatic heterocycles. The molecule has 0 aliphatic carbocycles. The van der Waals surface area contributed by atoms with Crippen LogP contribution in [-0.2, 0) is 14.6 Å². The predicted molar refractivity (Wildman–Crippen MR) is 151 cm³/mol. The molecule has 214 valence electrons. The number of quaternary nitrogens is 1. The van der Waals surface area contributed by atoms with Gasteiger partial charge in [-0.2, -0.15) is 0 Å². The molecule has 0 aliphatic rings. The van der Waals surface area contributed by atoms with Crippen molar-refractivity contribution in [2.24, 2.45) is 0 Å². The summed E-state index contributed by atoms with van der Waals surface area (Å²) in [7, 11) is -1.92. The molecule has 0 aromatic heterocycles. The van der Waals surface area contributed by atoms with E-state index in [0.717, 1.165) is 0 Å². The fourth-order valence-corrected chi connectivity index (χ4v) is 4.82. The van der Waals surface area contributed by atoms with Gasteiger partial charge in [0.1, 0.15) is 0 Å². The maximum absolute atomic E-state index is 9.45. The van der Waals surface area contributed by atoms with E-state index < -0.39 is 10.4 Å². The molecule has 0 unspecified atom stereocenters. The van der Waals surface area contributed by atoms with Crippen LogP contribution in [0.1, 0.15) is 156 Å². The van der Waals surface area contributed by atoms with Crippen molar-refractivity contribution in [1.82, 2.24) is 0 Å². The zero-order chi connectivity index (χ0) is 26.7. The Morgan fingerprint density at radius 1 is 0.543 bits per heavy atom. The van der Waals surface area contributed by atoms with Crippen molar-refractivity contribution in [2.45, 2.75) is 156 Å². The van der Waals surface area contributed by atoms with Gasteiger partial charge in [-0.15, -0.1) is 0 Å². The van der Waals surface area contributed by atoms with E-state index in [4.69, 9.17) is 0 Å². The largest absolute Gasteiger partial charge is 0.726 e. The van der Waals surface area contributed by atoms with Crippen molar-refractivity contribution >= 4 is 10.4 Å². The lowest BCUT2D eigenvalue weighted by molar-refractivity contribution is -0.908. The van der Waals surface area contributed by atoms with Crippen LogP contribution in [0.3, 0.4) is 0 Å². The summed E-state index contributed by atoms with van der Waals surface area (Å²) in [6, 6.07) is 0. The van der Waals surface area contributed by atoms with Gasteiger partial charge in [-0.25, -0.2) is 8.42 Å². The first-order valence-electron chi connectivity index (χ1n) is 15.2. The maximum atomic E-state index is 9.45. The average molecular weight is 522 g/mol. The molecule has 0 N–H and O–H groups in total. The lowest BCUT2D eigenvalue weighted by atomic mass is 10.1. The van der Waals surface area contributed by atoms with Gasteiger partial charge >= 0.3 is 0 Å². The van der Waals surface area contributed by atoms with Gasteiger partial charge < -0.3 is 9.04 Å². The summed E-state index contributed by atoms with van der Waals surface area (Å²) >= 11 is 0. The van der Waals surface area contributed by atoms with Crippen molar-refractivity contribution in [3.05, 3.63) is 0 Å². The smallest absolute Gasteiger partial charge is 0.217 e. The van der Waals surface area contributed by atoms with Crippen LogP contribution in [0.5, 0.6) is 0 Å². The van der Waals surface area contributed by atoms with E-state index >= 15 is 0 Å². The Balaban J connectivity index is 0. The Labute approximate surface area is 221 Å². The Morgan fingerprint density at radius 3 is 1.03 bits per heavy atom. The molecule has 0 saturated carbocycles. The van der Waals surface area contributed by atoms with Gasteiger partial charge in [-0.05, 0) is 39.5 Å².